The molecule has 0 fully saturated rings. The van der Waals surface area contributed by atoms with E-state index >= 15 is 0 Å². The number of hydrogen-bond acceptors (Lipinski definition) is 2. The maximum atomic E-state index is 12.1. The molecule has 2 N–H and O–H groups in total. The summed E-state index contributed by atoms with van der Waals surface area (Å²) in [6, 6.07) is 16.8. The van der Waals surface area contributed by atoms with Crippen molar-refractivity contribution in [3.05, 3.63) is 70.7 Å². The van der Waals surface area contributed by atoms with Gasteiger partial charge in [-0.2, -0.15) is 0 Å². The van der Waals surface area contributed by atoms with E-state index in [-0.39, 0.29) is 11.9 Å². The highest BCUT2D eigenvalue weighted by Gasteiger charge is 2.13. The second-order valence-corrected chi connectivity index (χ2v) is 5.65. The molecule has 0 spiro atoms. The first-order valence-electron chi connectivity index (χ1n) is 7.02. The van der Waals surface area contributed by atoms with Crippen molar-refractivity contribution >= 4 is 34.8 Å². The predicted octanol–water partition coefficient (Wildman–Crippen LogP) is 4.10. The summed E-state index contributed by atoms with van der Waals surface area (Å²) in [6.07, 6.45) is 0.858. The number of halogens is 1. The van der Waals surface area contributed by atoms with Gasteiger partial charge in [-0.15, -0.1) is 0 Å². The zero-order valence-corrected chi connectivity index (χ0v) is 13.7. The van der Waals surface area contributed by atoms with E-state index in [0.717, 1.165) is 12.0 Å². The van der Waals surface area contributed by atoms with Crippen LogP contribution in [0.15, 0.2) is 54.6 Å². The van der Waals surface area contributed by atoms with E-state index in [1.54, 1.807) is 24.3 Å². The summed E-state index contributed by atoms with van der Waals surface area (Å²) in [6.45, 7) is 2.06. The first-order chi connectivity index (χ1) is 10.6. The van der Waals surface area contributed by atoms with E-state index in [4.69, 9.17) is 23.8 Å². The van der Waals surface area contributed by atoms with Crippen LogP contribution in [-0.2, 0) is 0 Å². The summed E-state index contributed by atoms with van der Waals surface area (Å²) < 4.78 is 0. The Kier molecular flexibility index (Phi) is 5.92. The van der Waals surface area contributed by atoms with E-state index in [1.165, 1.54) is 0 Å². The Morgan fingerprint density at radius 2 is 1.91 bits per heavy atom. The highest BCUT2D eigenvalue weighted by atomic mass is 35.5. The van der Waals surface area contributed by atoms with Gasteiger partial charge in [0.25, 0.3) is 5.91 Å². The molecule has 3 nitrogen and oxygen atoms in total. The summed E-state index contributed by atoms with van der Waals surface area (Å²) in [5.41, 5.74) is 1.61. The van der Waals surface area contributed by atoms with Gasteiger partial charge in [0.2, 0.25) is 0 Å². The van der Waals surface area contributed by atoms with Crippen LogP contribution in [0.25, 0.3) is 0 Å². The minimum atomic E-state index is -0.275. The van der Waals surface area contributed by atoms with E-state index in [9.17, 15) is 4.79 Å². The number of benzene rings is 2. The second-order valence-electron chi connectivity index (χ2n) is 4.81. The first-order valence-corrected chi connectivity index (χ1v) is 7.81. The largest absolute Gasteiger partial charge is 0.356 e. The molecule has 0 bridgehead atoms. The monoisotopic (exact) mass is 332 g/mol. The molecular weight excluding hydrogens is 316 g/mol. The van der Waals surface area contributed by atoms with Gasteiger partial charge in [-0.25, -0.2) is 0 Å². The van der Waals surface area contributed by atoms with Crippen molar-refractivity contribution in [2.24, 2.45) is 0 Å². The molecular formula is C17H17ClN2OS. The van der Waals surface area contributed by atoms with Crippen LogP contribution >= 0.6 is 23.8 Å². The molecule has 2 rings (SSSR count). The Labute approximate surface area is 140 Å². The van der Waals surface area contributed by atoms with Crippen LogP contribution in [-0.4, -0.2) is 11.0 Å². The lowest BCUT2D eigenvalue weighted by molar-refractivity contribution is 0.0976. The minimum absolute atomic E-state index is 0.0633. The van der Waals surface area contributed by atoms with E-state index < -0.39 is 0 Å². The van der Waals surface area contributed by atoms with Crippen molar-refractivity contribution in [2.45, 2.75) is 19.4 Å². The van der Waals surface area contributed by atoms with Gasteiger partial charge in [-0.3, -0.25) is 10.1 Å². The van der Waals surface area contributed by atoms with E-state index in [2.05, 4.69) is 17.6 Å². The zero-order valence-electron chi connectivity index (χ0n) is 12.2. The van der Waals surface area contributed by atoms with Gasteiger partial charge in [-0.1, -0.05) is 54.9 Å². The molecule has 0 heterocycles. The fourth-order valence-electron chi connectivity index (χ4n) is 2.11. The van der Waals surface area contributed by atoms with Crippen LogP contribution in [0.1, 0.15) is 35.3 Å². The third-order valence-electron chi connectivity index (χ3n) is 3.23. The Morgan fingerprint density at radius 3 is 2.55 bits per heavy atom. The van der Waals surface area contributed by atoms with Crippen molar-refractivity contribution in [2.75, 3.05) is 0 Å². The molecule has 0 saturated heterocycles. The van der Waals surface area contributed by atoms with Gasteiger partial charge in [0.05, 0.1) is 6.04 Å². The Morgan fingerprint density at radius 1 is 1.18 bits per heavy atom. The molecule has 0 radical (unpaired) electrons. The topological polar surface area (TPSA) is 41.1 Å². The summed E-state index contributed by atoms with van der Waals surface area (Å²) >= 11 is 11.1. The Hall–Kier alpha value is -1.91. The molecule has 0 aromatic heterocycles. The number of carbonyl (C=O) groups excluding carboxylic acids is 1. The molecule has 2 aromatic carbocycles. The number of rotatable bonds is 4. The van der Waals surface area contributed by atoms with Crippen LogP contribution in [0.5, 0.6) is 0 Å². The van der Waals surface area contributed by atoms with Gasteiger partial charge in [0.1, 0.15) is 0 Å². The molecule has 1 amide bonds. The van der Waals surface area contributed by atoms with Gasteiger partial charge in [-0.05, 0) is 42.4 Å². The average molecular weight is 333 g/mol. The normalized spacial score (nSPS) is 11.5. The van der Waals surface area contributed by atoms with Gasteiger partial charge < -0.3 is 5.32 Å². The standard InChI is InChI=1S/C17H17ClN2OS/c1-2-15(12-7-4-3-5-8-12)19-17(22)20-16(21)13-9-6-10-14(18)11-13/h3-11,15H,2H2,1H3,(H2,19,20,21,22). The van der Waals surface area contributed by atoms with Crippen LogP contribution in [0.2, 0.25) is 5.02 Å². The van der Waals surface area contributed by atoms with E-state index in [0.29, 0.717) is 15.7 Å². The maximum Gasteiger partial charge on any atom is 0.257 e. The summed E-state index contributed by atoms with van der Waals surface area (Å²) in [5, 5.41) is 6.67. The zero-order chi connectivity index (χ0) is 15.9. The summed E-state index contributed by atoms with van der Waals surface area (Å²) in [5.74, 6) is -0.275. The SMILES string of the molecule is CCC(NC(=S)NC(=O)c1cccc(Cl)c1)c1ccccc1. The van der Waals surface area contributed by atoms with Gasteiger partial charge >= 0.3 is 0 Å². The highest BCUT2D eigenvalue weighted by molar-refractivity contribution is 7.80. The van der Waals surface area contributed by atoms with Crippen LogP contribution < -0.4 is 10.6 Å². The molecule has 0 saturated carbocycles. The lowest BCUT2D eigenvalue weighted by Crippen LogP contribution is -2.40. The lowest BCUT2D eigenvalue weighted by Gasteiger charge is -2.19. The molecule has 0 aliphatic rings. The highest BCUT2D eigenvalue weighted by Crippen LogP contribution is 2.15. The van der Waals surface area contributed by atoms with Crippen molar-refractivity contribution < 1.29 is 4.79 Å². The van der Waals surface area contributed by atoms with Crippen molar-refractivity contribution in [3.8, 4) is 0 Å². The lowest BCUT2D eigenvalue weighted by atomic mass is 10.1. The number of hydrogen-bond donors (Lipinski definition) is 2. The molecule has 0 aliphatic carbocycles. The van der Waals surface area contributed by atoms with Crippen molar-refractivity contribution in [3.63, 3.8) is 0 Å². The third-order valence-corrected chi connectivity index (χ3v) is 3.68. The molecule has 22 heavy (non-hydrogen) atoms. The Bertz CT molecular complexity index is 661. The smallest absolute Gasteiger partial charge is 0.257 e. The Balaban J connectivity index is 1.98. The van der Waals surface area contributed by atoms with Crippen LogP contribution in [0.3, 0.4) is 0 Å². The molecule has 114 valence electrons. The fraction of sp³-hybridized carbons (Fsp3) is 0.176. The number of thiocarbonyl (C=S) groups is 1. The van der Waals surface area contributed by atoms with E-state index in [1.807, 2.05) is 30.3 Å². The third kappa shape index (κ3) is 4.55. The quantitative estimate of drug-likeness (QED) is 0.828. The minimum Gasteiger partial charge on any atom is -0.356 e. The predicted molar refractivity (Wildman–Crippen MR) is 94.1 cm³/mol. The first kappa shape index (κ1) is 16.5. The van der Waals surface area contributed by atoms with Crippen LogP contribution in [0.4, 0.5) is 0 Å². The summed E-state index contributed by atoms with van der Waals surface area (Å²) in [7, 11) is 0. The number of amides is 1. The molecule has 0 aliphatic heterocycles. The second kappa shape index (κ2) is 7.92. The summed E-state index contributed by atoms with van der Waals surface area (Å²) in [4.78, 5) is 12.1. The molecule has 2 aromatic rings. The molecule has 1 unspecified atom stereocenters. The number of nitrogens with one attached hydrogen (secondary N) is 2. The molecule has 1 atom stereocenters. The van der Waals surface area contributed by atoms with Gasteiger partial charge in [0, 0.05) is 10.6 Å². The van der Waals surface area contributed by atoms with Gasteiger partial charge in [0.15, 0.2) is 5.11 Å². The number of carbonyl (C=O) groups is 1. The average Bonchev–Trinajstić information content (AvgIpc) is 2.53. The van der Waals surface area contributed by atoms with Crippen molar-refractivity contribution in [1.82, 2.24) is 10.6 Å². The van der Waals surface area contributed by atoms with Crippen molar-refractivity contribution in [1.29, 1.82) is 0 Å². The molecule has 5 heteroatoms. The van der Waals surface area contributed by atoms with Crippen LogP contribution in [0, 0.1) is 0 Å². The fourth-order valence-corrected chi connectivity index (χ4v) is 2.53. The maximum absolute atomic E-state index is 12.1.